The van der Waals surface area contributed by atoms with E-state index in [0.29, 0.717) is 31.1 Å². The Morgan fingerprint density at radius 2 is 1.91 bits per heavy atom. The zero-order valence-corrected chi connectivity index (χ0v) is 18.4. The van der Waals surface area contributed by atoms with Gasteiger partial charge in [-0.1, -0.05) is 36.4 Å². The molecule has 1 N–H and O–H groups in total. The van der Waals surface area contributed by atoms with Crippen molar-refractivity contribution in [3.05, 3.63) is 78.2 Å². The number of methoxy groups -OCH3 is 1. The number of rotatable bonds is 6. The Morgan fingerprint density at radius 3 is 2.70 bits per heavy atom. The zero-order valence-electron chi connectivity index (χ0n) is 18.4. The summed E-state index contributed by atoms with van der Waals surface area (Å²) in [6.07, 6.45) is 1.77. The van der Waals surface area contributed by atoms with E-state index in [-0.39, 0.29) is 11.7 Å². The fraction of sp³-hybridized carbons (Fsp3) is 0.231. The average molecular weight is 444 g/mol. The Hall–Kier alpha value is -3.84. The number of nitrogens with zero attached hydrogens (tertiary/aromatic N) is 2. The molecule has 168 valence electrons. The molecule has 0 atom stereocenters. The smallest absolute Gasteiger partial charge is 0.287 e. The molecule has 2 aromatic heterocycles. The molecule has 0 radical (unpaired) electrons. The molecule has 2 aromatic carbocycles. The molecule has 0 bridgehead atoms. The number of furan rings is 1. The van der Waals surface area contributed by atoms with Gasteiger partial charge in [0.25, 0.3) is 5.91 Å². The van der Waals surface area contributed by atoms with Crippen molar-refractivity contribution in [2.75, 3.05) is 38.3 Å². The van der Waals surface area contributed by atoms with Crippen LogP contribution in [0, 0.1) is 0 Å². The Balaban J connectivity index is 1.46. The SMILES string of the molecule is COc1ccc2c(-c3ccccc3)c(C(=O)NCc3cccnc3N3CCOCC3)oc2c1. The van der Waals surface area contributed by atoms with Crippen molar-refractivity contribution in [1.29, 1.82) is 0 Å². The molecule has 1 fully saturated rings. The number of anilines is 1. The number of carbonyl (C=O) groups is 1. The number of aromatic nitrogens is 1. The van der Waals surface area contributed by atoms with Gasteiger partial charge in [-0.2, -0.15) is 0 Å². The molecule has 4 aromatic rings. The van der Waals surface area contributed by atoms with Gasteiger partial charge in [0, 0.05) is 48.4 Å². The Kier molecular flexibility index (Phi) is 5.95. The van der Waals surface area contributed by atoms with E-state index in [4.69, 9.17) is 13.9 Å². The Labute approximate surface area is 191 Å². The molecule has 5 rings (SSSR count). The second-order valence-corrected chi connectivity index (χ2v) is 7.80. The van der Waals surface area contributed by atoms with Crippen LogP contribution in [0.1, 0.15) is 16.1 Å². The summed E-state index contributed by atoms with van der Waals surface area (Å²) in [6.45, 7) is 3.24. The minimum Gasteiger partial charge on any atom is -0.497 e. The lowest BCUT2D eigenvalue weighted by Crippen LogP contribution is -2.37. The van der Waals surface area contributed by atoms with Crippen LogP contribution < -0.4 is 15.0 Å². The summed E-state index contributed by atoms with van der Waals surface area (Å²) < 4.78 is 16.8. The normalized spacial score (nSPS) is 13.8. The number of ether oxygens (including phenoxy) is 2. The fourth-order valence-corrected chi connectivity index (χ4v) is 4.14. The highest BCUT2D eigenvalue weighted by Gasteiger charge is 2.23. The van der Waals surface area contributed by atoms with E-state index in [1.807, 2.05) is 54.6 Å². The van der Waals surface area contributed by atoms with Crippen LogP contribution in [0.15, 0.2) is 71.3 Å². The number of fused-ring (bicyclic) bond motifs is 1. The lowest BCUT2D eigenvalue weighted by molar-refractivity contribution is 0.0926. The summed E-state index contributed by atoms with van der Waals surface area (Å²) in [7, 11) is 1.61. The summed E-state index contributed by atoms with van der Waals surface area (Å²) in [5.74, 6) is 1.55. The molecule has 0 aliphatic carbocycles. The number of hydrogen-bond acceptors (Lipinski definition) is 6. The molecule has 0 spiro atoms. The molecule has 1 aliphatic rings. The van der Waals surface area contributed by atoms with Crippen LogP contribution in [0.5, 0.6) is 5.75 Å². The van der Waals surface area contributed by atoms with E-state index in [0.717, 1.165) is 41.0 Å². The van der Waals surface area contributed by atoms with Gasteiger partial charge < -0.3 is 24.1 Å². The van der Waals surface area contributed by atoms with Gasteiger partial charge in [-0.3, -0.25) is 4.79 Å². The van der Waals surface area contributed by atoms with Crippen LogP contribution >= 0.6 is 0 Å². The number of morpholine rings is 1. The quantitative estimate of drug-likeness (QED) is 0.480. The van der Waals surface area contributed by atoms with E-state index in [2.05, 4.69) is 15.2 Å². The molecule has 33 heavy (non-hydrogen) atoms. The van der Waals surface area contributed by atoms with Gasteiger partial charge in [-0.15, -0.1) is 0 Å². The van der Waals surface area contributed by atoms with Crippen LogP contribution in [-0.2, 0) is 11.3 Å². The standard InChI is InChI=1S/C26H25N3O4/c1-31-20-9-10-21-22(16-20)33-24(23(21)18-6-3-2-4-7-18)26(30)28-17-19-8-5-11-27-25(19)29-12-14-32-15-13-29/h2-11,16H,12-15,17H2,1H3,(H,28,30). The Bertz CT molecular complexity index is 1260. The fourth-order valence-electron chi connectivity index (χ4n) is 4.14. The lowest BCUT2D eigenvalue weighted by atomic mass is 10.0. The minimum atomic E-state index is -0.277. The highest BCUT2D eigenvalue weighted by molar-refractivity contribution is 6.08. The monoisotopic (exact) mass is 443 g/mol. The summed E-state index contributed by atoms with van der Waals surface area (Å²) >= 11 is 0. The molecular formula is C26H25N3O4. The van der Waals surface area contributed by atoms with Gasteiger partial charge >= 0.3 is 0 Å². The summed E-state index contributed by atoms with van der Waals surface area (Å²) in [5.41, 5.74) is 3.24. The van der Waals surface area contributed by atoms with Crippen LogP contribution in [-0.4, -0.2) is 44.3 Å². The van der Waals surface area contributed by atoms with Gasteiger partial charge in [0.05, 0.1) is 20.3 Å². The van der Waals surface area contributed by atoms with E-state index in [1.165, 1.54) is 0 Å². The van der Waals surface area contributed by atoms with Gasteiger partial charge in [-0.25, -0.2) is 4.98 Å². The molecule has 0 unspecified atom stereocenters. The highest BCUT2D eigenvalue weighted by Crippen LogP contribution is 2.36. The molecule has 3 heterocycles. The van der Waals surface area contributed by atoms with E-state index in [1.54, 1.807) is 19.4 Å². The number of amides is 1. The van der Waals surface area contributed by atoms with Crippen LogP contribution in [0.2, 0.25) is 0 Å². The van der Waals surface area contributed by atoms with Crippen molar-refractivity contribution >= 4 is 22.7 Å². The second kappa shape index (κ2) is 9.34. The predicted octanol–water partition coefficient (Wildman–Crippen LogP) is 4.27. The lowest BCUT2D eigenvalue weighted by Gasteiger charge is -2.29. The number of carbonyl (C=O) groups excluding carboxylic acids is 1. The van der Waals surface area contributed by atoms with Crippen molar-refractivity contribution < 1.29 is 18.7 Å². The first kappa shape index (κ1) is 21.0. The molecule has 1 saturated heterocycles. The van der Waals surface area contributed by atoms with Gasteiger partial charge in [0.15, 0.2) is 0 Å². The summed E-state index contributed by atoms with van der Waals surface area (Å²) in [6, 6.07) is 19.3. The third-order valence-electron chi connectivity index (χ3n) is 5.78. The third-order valence-corrected chi connectivity index (χ3v) is 5.78. The maximum absolute atomic E-state index is 13.3. The third kappa shape index (κ3) is 4.27. The van der Waals surface area contributed by atoms with Gasteiger partial charge in [-0.05, 0) is 23.8 Å². The highest BCUT2D eigenvalue weighted by atomic mass is 16.5. The van der Waals surface area contributed by atoms with Crippen LogP contribution in [0.25, 0.3) is 22.1 Å². The molecule has 7 heteroatoms. The van der Waals surface area contributed by atoms with E-state index < -0.39 is 0 Å². The summed E-state index contributed by atoms with van der Waals surface area (Å²) in [4.78, 5) is 20.1. The Morgan fingerprint density at radius 1 is 1.09 bits per heavy atom. The first-order chi connectivity index (χ1) is 16.2. The van der Waals surface area contributed by atoms with Crippen molar-refractivity contribution in [3.8, 4) is 16.9 Å². The maximum atomic E-state index is 13.3. The first-order valence-electron chi connectivity index (χ1n) is 11.0. The first-order valence-corrected chi connectivity index (χ1v) is 11.0. The van der Waals surface area contributed by atoms with Crippen molar-refractivity contribution in [2.45, 2.75) is 6.54 Å². The molecule has 7 nitrogen and oxygen atoms in total. The van der Waals surface area contributed by atoms with E-state index in [9.17, 15) is 4.79 Å². The maximum Gasteiger partial charge on any atom is 0.287 e. The predicted molar refractivity (Wildman–Crippen MR) is 127 cm³/mol. The zero-order chi connectivity index (χ0) is 22.6. The number of pyridine rings is 1. The van der Waals surface area contributed by atoms with Crippen LogP contribution in [0.4, 0.5) is 5.82 Å². The van der Waals surface area contributed by atoms with Crippen molar-refractivity contribution in [1.82, 2.24) is 10.3 Å². The topological polar surface area (TPSA) is 76.8 Å². The number of hydrogen-bond donors (Lipinski definition) is 1. The largest absolute Gasteiger partial charge is 0.497 e. The molecular weight excluding hydrogens is 418 g/mol. The van der Waals surface area contributed by atoms with Crippen molar-refractivity contribution in [3.63, 3.8) is 0 Å². The van der Waals surface area contributed by atoms with Gasteiger partial charge in [0.1, 0.15) is 17.2 Å². The molecule has 1 amide bonds. The molecule has 1 aliphatic heterocycles. The van der Waals surface area contributed by atoms with E-state index >= 15 is 0 Å². The second-order valence-electron chi connectivity index (χ2n) is 7.80. The van der Waals surface area contributed by atoms with Crippen molar-refractivity contribution in [2.24, 2.45) is 0 Å². The average Bonchev–Trinajstić information content (AvgIpc) is 3.27. The number of benzene rings is 2. The summed E-state index contributed by atoms with van der Waals surface area (Å²) in [5, 5.41) is 3.90. The van der Waals surface area contributed by atoms with Crippen LogP contribution in [0.3, 0.4) is 0 Å². The minimum absolute atomic E-state index is 0.277. The molecule has 0 saturated carbocycles. The van der Waals surface area contributed by atoms with Gasteiger partial charge in [0.2, 0.25) is 5.76 Å². The number of nitrogens with one attached hydrogen (secondary N) is 1.